The van der Waals surface area contributed by atoms with Gasteiger partial charge in [-0.3, -0.25) is 9.69 Å². The van der Waals surface area contributed by atoms with E-state index in [1.165, 1.54) is 4.31 Å². The van der Waals surface area contributed by atoms with E-state index in [4.69, 9.17) is 4.52 Å². The Balaban J connectivity index is 1.60. The van der Waals surface area contributed by atoms with Crippen molar-refractivity contribution in [2.75, 3.05) is 32.7 Å². The van der Waals surface area contributed by atoms with Crippen molar-refractivity contribution < 1.29 is 17.7 Å². The summed E-state index contributed by atoms with van der Waals surface area (Å²) < 4.78 is 32.6. The number of nitrogens with one attached hydrogen (secondary N) is 1. The molecule has 166 valence electrons. The van der Waals surface area contributed by atoms with Crippen molar-refractivity contribution >= 4 is 15.9 Å². The van der Waals surface area contributed by atoms with Crippen LogP contribution in [0.1, 0.15) is 56.4 Å². The van der Waals surface area contributed by atoms with Gasteiger partial charge in [0.2, 0.25) is 15.9 Å². The molecule has 1 saturated heterocycles. The van der Waals surface area contributed by atoms with Gasteiger partial charge < -0.3 is 9.84 Å². The first-order valence-corrected chi connectivity index (χ1v) is 12.1. The van der Waals surface area contributed by atoms with E-state index >= 15 is 0 Å². The number of nitrogens with zero attached hydrogens (tertiary/aromatic N) is 4. The Hall–Kier alpha value is -1.96. The molecule has 0 unspecified atom stereocenters. The van der Waals surface area contributed by atoms with Crippen molar-refractivity contribution in [1.82, 2.24) is 19.7 Å². The number of amides is 1. The third-order valence-electron chi connectivity index (χ3n) is 6.03. The number of sulfonamides is 1. The molecule has 3 rings (SSSR count). The number of hydrogen-bond donors (Lipinski definition) is 1. The number of aromatic nitrogens is 1. The maximum absolute atomic E-state index is 13.0. The molecule has 0 radical (unpaired) electrons. The van der Waals surface area contributed by atoms with Crippen LogP contribution < -0.4 is 5.32 Å². The Morgan fingerprint density at radius 1 is 1.13 bits per heavy atom. The SMILES string of the molecule is Cc1noc(C)c1S(=O)(=O)N1CCCN(CC(=O)NC2(C#N)CCCCCC2)CC1. The lowest BCUT2D eigenvalue weighted by Gasteiger charge is -2.28. The zero-order valence-electron chi connectivity index (χ0n) is 17.8. The summed E-state index contributed by atoms with van der Waals surface area (Å²) in [5, 5.41) is 16.4. The second kappa shape index (κ2) is 9.45. The van der Waals surface area contributed by atoms with Crippen LogP contribution in [0, 0.1) is 25.2 Å². The first-order valence-electron chi connectivity index (χ1n) is 10.6. The zero-order chi connectivity index (χ0) is 21.8. The van der Waals surface area contributed by atoms with Gasteiger partial charge in [-0.05, 0) is 39.7 Å². The smallest absolute Gasteiger partial charge is 0.248 e. The van der Waals surface area contributed by atoms with E-state index < -0.39 is 15.6 Å². The molecule has 0 spiro atoms. The Morgan fingerprint density at radius 3 is 2.43 bits per heavy atom. The molecule has 0 atom stereocenters. The fourth-order valence-electron chi connectivity index (χ4n) is 4.42. The number of nitriles is 1. The highest BCUT2D eigenvalue weighted by atomic mass is 32.2. The predicted molar refractivity (Wildman–Crippen MR) is 110 cm³/mol. The van der Waals surface area contributed by atoms with E-state index in [0.717, 1.165) is 25.7 Å². The molecule has 1 N–H and O–H groups in total. The molecule has 1 aliphatic carbocycles. The average molecular weight is 438 g/mol. The summed E-state index contributed by atoms with van der Waals surface area (Å²) in [6.45, 7) is 5.14. The molecule has 1 saturated carbocycles. The van der Waals surface area contributed by atoms with Crippen molar-refractivity contribution in [2.45, 2.75) is 69.2 Å². The second-order valence-electron chi connectivity index (χ2n) is 8.34. The first kappa shape index (κ1) is 22.7. The molecule has 1 aromatic rings. The number of carbonyl (C=O) groups excluding carboxylic acids is 1. The normalized spacial score (nSPS) is 21.4. The van der Waals surface area contributed by atoms with Crippen molar-refractivity contribution in [3.8, 4) is 6.07 Å². The standard InChI is InChI=1S/C20H31N5O4S/c1-16-19(17(2)29-23-16)30(27,28)25-11-7-10-24(12-13-25)14-18(26)22-20(15-21)8-5-3-4-6-9-20/h3-14H2,1-2H3,(H,22,26). The Labute approximate surface area is 178 Å². The van der Waals surface area contributed by atoms with Gasteiger partial charge in [0.1, 0.15) is 16.1 Å². The highest BCUT2D eigenvalue weighted by molar-refractivity contribution is 7.89. The molecule has 10 heteroatoms. The van der Waals surface area contributed by atoms with Crippen molar-refractivity contribution in [2.24, 2.45) is 0 Å². The van der Waals surface area contributed by atoms with Crippen molar-refractivity contribution in [3.05, 3.63) is 11.5 Å². The lowest BCUT2D eigenvalue weighted by atomic mass is 9.92. The van der Waals surface area contributed by atoms with Crippen LogP contribution in [0.4, 0.5) is 0 Å². The lowest BCUT2D eigenvalue weighted by Crippen LogP contribution is -2.50. The average Bonchev–Trinajstić information content (AvgIpc) is 2.89. The number of carbonyl (C=O) groups is 1. The minimum Gasteiger partial charge on any atom is -0.360 e. The van der Waals surface area contributed by atoms with Crippen LogP contribution in [-0.2, 0) is 14.8 Å². The van der Waals surface area contributed by atoms with Crippen LogP contribution in [0.15, 0.2) is 9.42 Å². The van der Waals surface area contributed by atoms with Crippen LogP contribution in [-0.4, -0.2) is 66.9 Å². The Bertz CT molecular complexity index is 877. The topological polar surface area (TPSA) is 120 Å². The summed E-state index contributed by atoms with van der Waals surface area (Å²) in [5.41, 5.74) is -0.406. The Kier molecular flexibility index (Phi) is 7.16. The summed E-state index contributed by atoms with van der Waals surface area (Å²) >= 11 is 0. The highest BCUT2D eigenvalue weighted by Gasteiger charge is 2.34. The van der Waals surface area contributed by atoms with E-state index in [0.29, 0.717) is 51.1 Å². The van der Waals surface area contributed by atoms with E-state index in [2.05, 4.69) is 16.5 Å². The zero-order valence-corrected chi connectivity index (χ0v) is 18.6. The third kappa shape index (κ3) is 5.02. The Morgan fingerprint density at radius 2 is 1.83 bits per heavy atom. The van der Waals surface area contributed by atoms with Gasteiger partial charge in [-0.25, -0.2) is 8.42 Å². The second-order valence-corrected chi connectivity index (χ2v) is 10.2. The first-order chi connectivity index (χ1) is 14.3. The van der Waals surface area contributed by atoms with Gasteiger partial charge >= 0.3 is 0 Å². The number of aryl methyl sites for hydroxylation is 2. The molecule has 2 aliphatic rings. The van der Waals surface area contributed by atoms with Gasteiger partial charge in [-0.2, -0.15) is 9.57 Å². The minimum absolute atomic E-state index is 0.137. The number of hydrogen-bond acceptors (Lipinski definition) is 7. The van der Waals surface area contributed by atoms with Gasteiger partial charge in [0.15, 0.2) is 5.76 Å². The van der Waals surface area contributed by atoms with Crippen LogP contribution in [0.25, 0.3) is 0 Å². The lowest BCUT2D eigenvalue weighted by molar-refractivity contribution is -0.123. The molecule has 2 fully saturated rings. The van der Waals surface area contributed by atoms with Crippen molar-refractivity contribution in [1.29, 1.82) is 5.26 Å². The molecule has 30 heavy (non-hydrogen) atoms. The monoisotopic (exact) mass is 437 g/mol. The van der Waals surface area contributed by atoms with Crippen LogP contribution in [0.5, 0.6) is 0 Å². The van der Waals surface area contributed by atoms with Crippen LogP contribution >= 0.6 is 0 Å². The minimum atomic E-state index is -3.69. The maximum Gasteiger partial charge on any atom is 0.248 e. The van der Waals surface area contributed by atoms with Crippen LogP contribution in [0.3, 0.4) is 0 Å². The molecule has 1 aliphatic heterocycles. The largest absolute Gasteiger partial charge is 0.360 e. The molecular weight excluding hydrogens is 406 g/mol. The molecule has 1 amide bonds. The summed E-state index contributed by atoms with van der Waals surface area (Å²) in [7, 11) is -3.69. The van der Waals surface area contributed by atoms with Crippen molar-refractivity contribution in [3.63, 3.8) is 0 Å². The fourth-order valence-corrected chi connectivity index (χ4v) is 6.18. The van der Waals surface area contributed by atoms with Gasteiger partial charge in [0.25, 0.3) is 0 Å². The van der Waals surface area contributed by atoms with Gasteiger partial charge in [0, 0.05) is 19.6 Å². The molecular formula is C20H31N5O4S. The predicted octanol–water partition coefficient (Wildman–Crippen LogP) is 1.72. The summed E-state index contributed by atoms with van der Waals surface area (Å²) in [5.74, 6) is 0.124. The summed E-state index contributed by atoms with van der Waals surface area (Å²) in [6.07, 6.45) is 6.11. The van der Waals surface area contributed by atoms with Gasteiger partial charge in [-0.1, -0.05) is 30.8 Å². The maximum atomic E-state index is 13.0. The molecule has 9 nitrogen and oxygen atoms in total. The fraction of sp³-hybridized carbons (Fsp3) is 0.750. The molecule has 0 aromatic carbocycles. The highest BCUT2D eigenvalue weighted by Crippen LogP contribution is 2.27. The van der Waals surface area contributed by atoms with E-state index in [1.807, 2.05) is 4.90 Å². The van der Waals surface area contributed by atoms with E-state index in [-0.39, 0.29) is 23.1 Å². The van der Waals surface area contributed by atoms with Crippen LogP contribution in [0.2, 0.25) is 0 Å². The van der Waals surface area contributed by atoms with Gasteiger partial charge in [-0.15, -0.1) is 0 Å². The molecule has 0 bridgehead atoms. The number of rotatable bonds is 5. The molecule has 2 heterocycles. The quantitative estimate of drug-likeness (QED) is 0.697. The summed E-state index contributed by atoms with van der Waals surface area (Å²) in [4.78, 5) is 14.8. The summed E-state index contributed by atoms with van der Waals surface area (Å²) in [6, 6.07) is 2.34. The van der Waals surface area contributed by atoms with E-state index in [9.17, 15) is 18.5 Å². The molecule has 1 aromatic heterocycles. The third-order valence-corrected chi connectivity index (χ3v) is 8.17. The van der Waals surface area contributed by atoms with Gasteiger partial charge in [0.05, 0.1) is 12.6 Å². The van der Waals surface area contributed by atoms with E-state index in [1.54, 1.807) is 13.8 Å².